The van der Waals surface area contributed by atoms with Gasteiger partial charge >= 0.3 is 6.18 Å². The van der Waals surface area contributed by atoms with Gasteiger partial charge in [-0.3, -0.25) is 14.7 Å². The number of anilines is 1. The van der Waals surface area contributed by atoms with Gasteiger partial charge in [0.2, 0.25) is 17.6 Å². The molecule has 2 atom stereocenters. The van der Waals surface area contributed by atoms with Gasteiger partial charge in [0, 0.05) is 47.4 Å². The fraction of sp³-hybridized carbons (Fsp3) is 0.467. The Bertz CT molecular complexity index is 1490. The fourth-order valence-electron chi connectivity index (χ4n) is 5.98. The van der Waals surface area contributed by atoms with Crippen LogP contribution in [-0.4, -0.2) is 69.5 Å². The zero-order valence-corrected chi connectivity index (χ0v) is 23.7. The Kier molecular flexibility index (Phi) is 8.46. The van der Waals surface area contributed by atoms with Crippen LogP contribution in [0.25, 0.3) is 11.3 Å². The number of aromatic nitrogens is 3. The molecule has 2 aliphatic rings. The summed E-state index contributed by atoms with van der Waals surface area (Å²) < 4.78 is 58.9. The second kappa shape index (κ2) is 11.9. The number of rotatable bonds is 7. The first-order chi connectivity index (χ1) is 20.4. The van der Waals surface area contributed by atoms with Gasteiger partial charge in [0.05, 0.1) is 19.0 Å². The maximum atomic E-state index is 14.4. The molecule has 3 N–H and O–H groups in total. The van der Waals surface area contributed by atoms with Crippen molar-refractivity contribution in [3.05, 3.63) is 59.7 Å². The van der Waals surface area contributed by atoms with Crippen LogP contribution < -0.4 is 15.0 Å². The highest BCUT2D eigenvalue weighted by molar-refractivity contribution is 6.11. The number of halogens is 4. The van der Waals surface area contributed by atoms with Crippen LogP contribution in [0.1, 0.15) is 61.5 Å². The molecule has 0 spiro atoms. The molecule has 0 unspecified atom stereocenters. The number of alkyl halides is 3. The number of hydrogen-bond acceptors (Lipinski definition) is 7. The van der Waals surface area contributed by atoms with Gasteiger partial charge in [-0.25, -0.2) is 9.37 Å². The molecule has 2 fully saturated rings. The van der Waals surface area contributed by atoms with Crippen LogP contribution in [0.15, 0.2) is 42.6 Å². The lowest BCUT2D eigenvalue weighted by atomic mass is 9.81. The lowest BCUT2D eigenvalue weighted by molar-refractivity contribution is -0.270. The smallest absolute Gasteiger partial charge is 0.417 e. The van der Waals surface area contributed by atoms with Crippen molar-refractivity contribution in [3.8, 4) is 17.1 Å². The van der Waals surface area contributed by atoms with E-state index in [4.69, 9.17) is 4.74 Å². The van der Waals surface area contributed by atoms with Crippen molar-refractivity contribution in [2.45, 2.75) is 69.3 Å². The van der Waals surface area contributed by atoms with E-state index in [0.717, 1.165) is 6.20 Å². The molecule has 230 valence electrons. The highest BCUT2D eigenvalue weighted by atomic mass is 19.4. The summed E-state index contributed by atoms with van der Waals surface area (Å²) in [6.07, 6.45) is -3.44. The standard InChI is InChI=1S/C30H33F4N5O4/c1-17-13-18(28(41)36-19-7-10-29(42,11-8-19)30(32,33)34)9-12-39(17)25-6-4-3-5-20(25)27(40)24-15-23(37-38-24)21-14-26(43-2)35-16-22(21)31/h3-6,14-19,42H,7-13H2,1-2H3,(H,36,41)(H,37,38)/t17-,18+,19?,29?/m0/s1. The summed E-state index contributed by atoms with van der Waals surface area (Å²) in [4.78, 5) is 32.5. The van der Waals surface area contributed by atoms with Crippen LogP contribution in [0.3, 0.4) is 0 Å². The summed E-state index contributed by atoms with van der Waals surface area (Å²) in [7, 11) is 1.41. The summed E-state index contributed by atoms with van der Waals surface area (Å²) in [5.74, 6) is -1.28. The molecule has 13 heteroatoms. The van der Waals surface area contributed by atoms with Crippen molar-refractivity contribution in [2.24, 2.45) is 5.92 Å². The zero-order chi connectivity index (χ0) is 30.9. The Morgan fingerprint density at radius 1 is 1.16 bits per heavy atom. The molecule has 1 saturated heterocycles. The molecule has 1 amide bonds. The number of hydrogen-bond donors (Lipinski definition) is 3. The summed E-state index contributed by atoms with van der Waals surface area (Å²) in [6, 6.07) is 9.43. The van der Waals surface area contributed by atoms with E-state index >= 15 is 0 Å². The third kappa shape index (κ3) is 6.22. The van der Waals surface area contributed by atoms with E-state index in [2.05, 4.69) is 25.4 Å². The number of methoxy groups -OCH3 is 1. The van der Waals surface area contributed by atoms with Crippen molar-refractivity contribution >= 4 is 17.4 Å². The van der Waals surface area contributed by atoms with Crippen LogP contribution in [0, 0.1) is 11.7 Å². The molecule has 1 aliphatic carbocycles. The Hall–Kier alpha value is -4.00. The zero-order valence-electron chi connectivity index (χ0n) is 23.7. The number of aliphatic hydroxyl groups is 1. The predicted octanol–water partition coefficient (Wildman–Crippen LogP) is 4.81. The molecule has 5 rings (SSSR count). The van der Waals surface area contributed by atoms with Crippen LogP contribution in [0.2, 0.25) is 0 Å². The minimum Gasteiger partial charge on any atom is -0.481 e. The topological polar surface area (TPSA) is 120 Å². The average Bonchev–Trinajstić information content (AvgIpc) is 3.48. The Labute approximate surface area is 245 Å². The molecule has 43 heavy (non-hydrogen) atoms. The van der Waals surface area contributed by atoms with Crippen molar-refractivity contribution in [2.75, 3.05) is 18.6 Å². The number of piperidine rings is 1. The fourth-order valence-corrected chi connectivity index (χ4v) is 5.98. The molecule has 2 aromatic heterocycles. The van der Waals surface area contributed by atoms with Crippen LogP contribution >= 0.6 is 0 Å². The van der Waals surface area contributed by atoms with Gasteiger partial charge in [-0.05, 0) is 63.6 Å². The number of H-pyrrole nitrogens is 1. The summed E-state index contributed by atoms with van der Waals surface area (Å²) in [6.45, 7) is 2.44. The molecular formula is C30H33F4N5O4. The van der Waals surface area contributed by atoms with Gasteiger partial charge in [-0.15, -0.1) is 0 Å². The van der Waals surface area contributed by atoms with Gasteiger partial charge in [-0.2, -0.15) is 18.3 Å². The summed E-state index contributed by atoms with van der Waals surface area (Å²) >= 11 is 0. The first-order valence-electron chi connectivity index (χ1n) is 14.2. The summed E-state index contributed by atoms with van der Waals surface area (Å²) in [5, 5.41) is 19.6. The normalized spacial score (nSPS) is 24.4. The Morgan fingerprint density at radius 2 is 1.88 bits per heavy atom. The molecule has 9 nitrogen and oxygen atoms in total. The molecular weight excluding hydrogens is 570 g/mol. The first kappa shape index (κ1) is 30.5. The van der Waals surface area contributed by atoms with Gasteiger partial charge < -0.3 is 20.1 Å². The van der Waals surface area contributed by atoms with E-state index in [1.807, 2.05) is 19.1 Å². The lowest BCUT2D eigenvalue weighted by Crippen LogP contribution is -2.52. The number of nitrogens with zero attached hydrogens (tertiary/aromatic N) is 3. The van der Waals surface area contributed by atoms with E-state index in [9.17, 15) is 32.3 Å². The minimum atomic E-state index is -4.69. The monoisotopic (exact) mass is 603 g/mol. The molecule has 1 aliphatic heterocycles. The summed E-state index contributed by atoms with van der Waals surface area (Å²) in [5.41, 5.74) is -1.07. The minimum absolute atomic E-state index is 0.0578. The second-order valence-corrected chi connectivity index (χ2v) is 11.3. The van der Waals surface area contributed by atoms with E-state index in [1.54, 1.807) is 12.1 Å². The first-order valence-corrected chi connectivity index (χ1v) is 14.2. The lowest BCUT2D eigenvalue weighted by Gasteiger charge is -2.41. The number of ether oxygens (including phenoxy) is 1. The highest BCUT2D eigenvalue weighted by Gasteiger charge is 2.54. The number of amides is 1. The van der Waals surface area contributed by atoms with Gasteiger partial charge in [0.25, 0.3) is 0 Å². The van der Waals surface area contributed by atoms with Crippen LogP contribution in [0.5, 0.6) is 5.88 Å². The number of carbonyl (C=O) groups is 2. The molecule has 3 heterocycles. The van der Waals surface area contributed by atoms with E-state index in [1.165, 1.54) is 19.2 Å². The largest absolute Gasteiger partial charge is 0.481 e. The van der Waals surface area contributed by atoms with Crippen molar-refractivity contribution in [3.63, 3.8) is 0 Å². The predicted molar refractivity (Wildman–Crippen MR) is 149 cm³/mol. The molecule has 3 aromatic rings. The Balaban J connectivity index is 1.24. The van der Waals surface area contributed by atoms with Gasteiger partial charge in [-0.1, -0.05) is 12.1 Å². The van der Waals surface area contributed by atoms with E-state index in [-0.39, 0.29) is 59.3 Å². The number of aromatic amines is 1. The third-order valence-corrected chi connectivity index (χ3v) is 8.53. The van der Waals surface area contributed by atoms with Crippen LogP contribution in [-0.2, 0) is 4.79 Å². The van der Waals surface area contributed by atoms with Crippen molar-refractivity contribution < 1.29 is 37.0 Å². The number of nitrogens with one attached hydrogen (secondary N) is 2. The molecule has 0 radical (unpaired) electrons. The SMILES string of the molecule is COc1cc(-c2cc(C(=O)c3ccccc3N3CC[C@@H](C(=O)NC4CCC(O)(C(F)(F)F)CC4)C[C@@H]3C)[nH]n2)c(F)cn1. The Morgan fingerprint density at radius 3 is 2.56 bits per heavy atom. The number of benzene rings is 1. The van der Waals surface area contributed by atoms with Crippen molar-refractivity contribution in [1.82, 2.24) is 20.5 Å². The van der Waals surface area contributed by atoms with E-state index in [0.29, 0.717) is 30.6 Å². The van der Waals surface area contributed by atoms with Crippen LogP contribution in [0.4, 0.5) is 23.2 Å². The number of carbonyl (C=O) groups excluding carboxylic acids is 2. The average molecular weight is 604 g/mol. The molecule has 0 bridgehead atoms. The number of ketones is 1. The number of para-hydroxylation sites is 1. The maximum absolute atomic E-state index is 14.4. The van der Waals surface area contributed by atoms with Crippen molar-refractivity contribution in [1.29, 1.82) is 0 Å². The maximum Gasteiger partial charge on any atom is 0.417 e. The number of pyridine rings is 1. The second-order valence-electron chi connectivity index (χ2n) is 11.3. The highest BCUT2D eigenvalue weighted by Crippen LogP contribution is 2.41. The third-order valence-electron chi connectivity index (χ3n) is 8.53. The quantitative estimate of drug-likeness (QED) is 0.262. The van der Waals surface area contributed by atoms with E-state index < -0.39 is 36.5 Å². The van der Waals surface area contributed by atoms with Gasteiger partial charge in [0.1, 0.15) is 5.69 Å². The molecule has 1 saturated carbocycles. The molecule has 1 aromatic carbocycles. The van der Waals surface area contributed by atoms with Gasteiger partial charge in [0.15, 0.2) is 11.4 Å².